The number of rotatable bonds is 7. The molecule has 2 aliphatic rings. The average molecular weight is 662 g/mol. The minimum absolute atomic E-state index is 0.0656. The first kappa shape index (κ1) is 30.5. The molecule has 2 fully saturated rings. The van der Waals surface area contributed by atoms with Crippen LogP contribution in [0.5, 0.6) is 0 Å². The summed E-state index contributed by atoms with van der Waals surface area (Å²) in [5.41, 5.74) is 9.88. The van der Waals surface area contributed by atoms with Gasteiger partial charge in [-0.15, -0.1) is 15.6 Å². The summed E-state index contributed by atoms with van der Waals surface area (Å²) in [7, 11) is 3.50. The first-order chi connectivity index (χ1) is 22.2. The number of piperazine rings is 1. The predicted octanol–water partition coefficient (Wildman–Crippen LogP) is 4.22. The summed E-state index contributed by atoms with van der Waals surface area (Å²) in [6.07, 6.45) is 7.63. The van der Waals surface area contributed by atoms with E-state index in [1.54, 1.807) is 37.5 Å². The average Bonchev–Trinajstić information content (AvgIpc) is 3.80. The second kappa shape index (κ2) is 12.2. The Bertz CT molecular complexity index is 1990. The summed E-state index contributed by atoms with van der Waals surface area (Å²) < 4.78 is 22.6. The van der Waals surface area contributed by atoms with E-state index >= 15 is 0 Å². The summed E-state index contributed by atoms with van der Waals surface area (Å²) >= 11 is 0.275. The zero-order valence-electron chi connectivity index (χ0n) is 25.9. The van der Waals surface area contributed by atoms with Gasteiger partial charge in [0.05, 0.1) is 30.0 Å². The van der Waals surface area contributed by atoms with Gasteiger partial charge in [-0.05, 0) is 31.0 Å². The van der Waals surface area contributed by atoms with Crippen LogP contribution in [0.1, 0.15) is 42.2 Å². The van der Waals surface area contributed by atoms with Crippen LogP contribution in [0.4, 0.5) is 23.3 Å². The molecule has 0 spiro atoms. The van der Waals surface area contributed by atoms with Crippen molar-refractivity contribution in [2.75, 3.05) is 62.5 Å². The van der Waals surface area contributed by atoms with Crippen LogP contribution in [-0.4, -0.2) is 85.7 Å². The Kier molecular flexibility index (Phi) is 8.09. The van der Waals surface area contributed by atoms with Gasteiger partial charge in [-0.3, -0.25) is 9.59 Å². The van der Waals surface area contributed by atoms with Gasteiger partial charge in [0.15, 0.2) is 11.5 Å². The Morgan fingerprint density at radius 1 is 1.15 bits per heavy atom. The summed E-state index contributed by atoms with van der Waals surface area (Å²) in [5, 5.41) is 5.86. The molecule has 15 heteroatoms. The van der Waals surface area contributed by atoms with Crippen LogP contribution < -0.4 is 21.4 Å². The van der Waals surface area contributed by atoms with Crippen LogP contribution in [-0.2, 0) is 11.4 Å². The number of nitrogens with one attached hydrogen (secondary N) is 1. The smallest absolute Gasteiger partial charge is 0.270 e. The topological polar surface area (TPSA) is 162 Å². The molecule has 1 unspecified atom stereocenters. The predicted molar refractivity (Wildman–Crippen MR) is 182 cm³/mol. The molecule has 1 saturated heterocycles. The molecule has 5 aromatic heterocycles. The van der Waals surface area contributed by atoms with Crippen molar-refractivity contribution in [2.24, 2.45) is 0 Å². The lowest BCUT2D eigenvalue weighted by Crippen LogP contribution is -2.48. The van der Waals surface area contributed by atoms with Gasteiger partial charge in [0.25, 0.3) is 5.91 Å². The highest BCUT2D eigenvalue weighted by Crippen LogP contribution is 2.37. The van der Waals surface area contributed by atoms with Gasteiger partial charge in [-0.2, -0.15) is 4.98 Å². The van der Waals surface area contributed by atoms with Crippen molar-refractivity contribution in [3.8, 4) is 11.3 Å². The maximum Gasteiger partial charge on any atom is 0.270 e. The molecular formula is C31H35N9O4S2. The fourth-order valence-electron chi connectivity index (χ4n) is 6.27. The lowest BCUT2D eigenvalue weighted by molar-refractivity contribution is 0.0815. The standard InChI is InChI=1S/C31H35N9O4S2/c1-37(2)30(42)23-14-18-16-33-31(36-29(18)40(23)19-6-4-5-7-19)35-22-9-8-21(34-28(22)32)20-17-45-27-24(41)15-25(44-26(20)27)38-10-12-39(13-11-38)46(3)43/h8-9,14-17,19H,4-7,10-13H2,1-3H3,(H2,32,34)(H,33,35,36). The number of hydrogen-bond acceptors (Lipinski definition) is 12. The summed E-state index contributed by atoms with van der Waals surface area (Å²) in [6.45, 7) is 2.44. The van der Waals surface area contributed by atoms with Crippen LogP contribution in [0.2, 0.25) is 0 Å². The molecule has 1 aliphatic carbocycles. The fraction of sp³-hybridized carbons (Fsp3) is 0.387. The number of anilines is 4. The normalized spacial score (nSPS) is 16.8. The zero-order valence-corrected chi connectivity index (χ0v) is 27.5. The molecule has 0 bridgehead atoms. The number of pyridine rings is 1. The van der Waals surface area contributed by atoms with E-state index in [0.717, 1.165) is 31.1 Å². The molecule has 1 atom stereocenters. The minimum atomic E-state index is -1.03. The van der Waals surface area contributed by atoms with Crippen LogP contribution in [0.15, 0.2) is 45.1 Å². The number of thiophene rings is 1. The quantitative estimate of drug-likeness (QED) is 0.240. The number of carbonyl (C=O) groups excluding carboxylic acids is 1. The number of aromatic nitrogens is 4. The molecule has 240 valence electrons. The molecule has 5 aromatic rings. The monoisotopic (exact) mass is 661 g/mol. The molecule has 0 aromatic carbocycles. The summed E-state index contributed by atoms with van der Waals surface area (Å²) in [5.74, 6) is 0.996. The number of amides is 1. The third-order valence-electron chi connectivity index (χ3n) is 8.68. The van der Waals surface area contributed by atoms with Crippen molar-refractivity contribution >= 4 is 73.3 Å². The van der Waals surface area contributed by atoms with E-state index in [2.05, 4.69) is 19.9 Å². The second-order valence-electron chi connectivity index (χ2n) is 11.9. The van der Waals surface area contributed by atoms with E-state index in [9.17, 15) is 14.1 Å². The highest BCUT2D eigenvalue weighted by Gasteiger charge is 2.28. The van der Waals surface area contributed by atoms with E-state index in [4.69, 9.17) is 15.1 Å². The van der Waals surface area contributed by atoms with Gasteiger partial charge in [-0.25, -0.2) is 9.97 Å². The Morgan fingerprint density at radius 3 is 2.61 bits per heavy atom. The van der Waals surface area contributed by atoms with E-state index in [-0.39, 0.29) is 23.2 Å². The number of carbonyl (C=O) groups is 1. The Labute approximate surface area is 272 Å². The number of hydrogen-bond donors (Lipinski definition) is 2. The number of nitrogens with two attached hydrogens (primary N) is 1. The van der Waals surface area contributed by atoms with Gasteiger partial charge >= 0.3 is 0 Å². The van der Waals surface area contributed by atoms with Crippen molar-refractivity contribution in [2.45, 2.75) is 31.7 Å². The van der Waals surface area contributed by atoms with Crippen molar-refractivity contribution in [3.63, 3.8) is 0 Å². The van der Waals surface area contributed by atoms with Crippen molar-refractivity contribution in [1.82, 2.24) is 28.7 Å². The second-order valence-corrected chi connectivity index (χ2v) is 14.1. The highest BCUT2D eigenvalue weighted by atomic mass is 32.2. The molecule has 13 nitrogen and oxygen atoms in total. The molecule has 1 saturated carbocycles. The zero-order chi connectivity index (χ0) is 32.1. The summed E-state index contributed by atoms with van der Waals surface area (Å²) in [4.78, 5) is 43.6. The van der Waals surface area contributed by atoms with Gasteiger partial charge in [0, 0.05) is 67.6 Å². The van der Waals surface area contributed by atoms with Crippen molar-refractivity contribution in [3.05, 3.63) is 51.8 Å². The van der Waals surface area contributed by atoms with Gasteiger partial charge in [0.2, 0.25) is 11.4 Å². The van der Waals surface area contributed by atoms with Gasteiger partial charge < -0.3 is 34.4 Å². The van der Waals surface area contributed by atoms with Crippen LogP contribution in [0.3, 0.4) is 0 Å². The van der Waals surface area contributed by atoms with Gasteiger partial charge in [-0.1, -0.05) is 12.8 Å². The Hall–Kier alpha value is -4.18. The molecule has 46 heavy (non-hydrogen) atoms. The maximum atomic E-state index is 13.1. The maximum absolute atomic E-state index is 13.1. The number of nitrogen functional groups attached to an aromatic ring is 1. The molecule has 1 aliphatic heterocycles. The first-order valence-corrected chi connectivity index (χ1v) is 17.6. The third kappa shape index (κ3) is 5.57. The van der Waals surface area contributed by atoms with Crippen LogP contribution in [0.25, 0.3) is 32.6 Å². The van der Waals surface area contributed by atoms with E-state index in [0.29, 0.717) is 76.6 Å². The van der Waals surface area contributed by atoms with Crippen molar-refractivity contribution in [1.29, 1.82) is 0 Å². The number of nitrogens with zero attached hydrogens (tertiary/aromatic N) is 7. The highest BCUT2D eigenvalue weighted by molar-refractivity contribution is 7.88. The lowest BCUT2D eigenvalue weighted by atomic mass is 10.2. The van der Waals surface area contributed by atoms with Crippen LogP contribution >= 0.6 is 11.3 Å². The molecule has 6 heterocycles. The molecule has 1 amide bonds. The lowest BCUT2D eigenvalue weighted by Gasteiger charge is -2.33. The van der Waals surface area contributed by atoms with Gasteiger partial charge in [0.1, 0.15) is 28.1 Å². The largest absolute Gasteiger partial charge is 0.598 e. The SMILES string of the molecule is CN(C)C(=O)c1cc2cnc(Nc3ccc(-c4csc5c(=O)cc(N6CCN([S+](C)[O-])CC6)oc45)nc3N)nc2n1C1CCCC1. The molecule has 7 rings (SSSR count). The summed E-state index contributed by atoms with van der Waals surface area (Å²) in [6, 6.07) is 7.22. The minimum Gasteiger partial charge on any atom is -0.598 e. The van der Waals surface area contributed by atoms with Crippen LogP contribution in [0, 0.1) is 0 Å². The third-order valence-corrected chi connectivity index (χ3v) is 10.8. The van der Waals surface area contributed by atoms with Crippen molar-refractivity contribution < 1.29 is 13.8 Å². The molecular weight excluding hydrogens is 627 g/mol. The van der Waals surface area contributed by atoms with E-state index in [1.165, 1.54) is 17.4 Å². The fourth-order valence-corrected chi connectivity index (χ4v) is 7.85. The van der Waals surface area contributed by atoms with E-state index in [1.807, 2.05) is 26.7 Å². The molecule has 3 N–H and O–H groups in total. The molecule has 0 radical (unpaired) electrons. The van der Waals surface area contributed by atoms with E-state index < -0.39 is 11.4 Å². The Morgan fingerprint density at radius 2 is 1.91 bits per heavy atom. The Balaban J connectivity index is 1.17. The number of fused-ring (bicyclic) bond motifs is 2. The first-order valence-electron chi connectivity index (χ1n) is 15.2.